The Morgan fingerprint density at radius 1 is 1.67 bits per heavy atom. The number of ether oxygens (including phenoxy) is 1. The molecule has 0 aliphatic carbocycles. The molecule has 1 heterocycles. The van der Waals surface area contributed by atoms with Crippen LogP contribution in [-0.4, -0.2) is 17.7 Å². The molecule has 5 heteroatoms. The van der Waals surface area contributed by atoms with Gasteiger partial charge in [0.05, 0.1) is 6.61 Å². The number of carbonyl (C=O) groups is 1. The predicted molar refractivity (Wildman–Crippen MR) is 61.9 cm³/mol. The molecule has 1 rings (SSSR count). The molecular formula is C10H13BrN2O2. The Hall–Kier alpha value is -1.10. The van der Waals surface area contributed by atoms with E-state index in [4.69, 9.17) is 4.74 Å². The van der Waals surface area contributed by atoms with E-state index in [9.17, 15) is 4.79 Å². The molecule has 0 unspecified atom stereocenters. The number of carbonyl (C=O) groups excluding carboxylic acids is 1. The van der Waals surface area contributed by atoms with Gasteiger partial charge in [0.1, 0.15) is 5.82 Å². The van der Waals surface area contributed by atoms with Crippen molar-refractivity contribution in [3.8, 4) is 0 Å². The second kappa shape index (κ2) is 5.70. The van der Waals surface area contributed by atoms with Crippen molar-refractivity contribution in [1.82, 2.24) is 4.98 Å². The van der Waals surface area contributed by atoms with Gasteiger partial charge in [0.15, 0.2) is 0 Å². The van der Waals surface area contributed by atoms with Crippen LogP contribution >= 0.6 is 15.9 Å². The lowest BCUT2D eigenvalue weighted by molar-refractivity contribution is 0.161. The van der Waals surface area contributed by atoms with E-state index in [2.05, 4.69) is 26.2 Å². The number of amides is 1. The highest BCUT2D eigenvalue weighted by atomic mass is 79.9. The molecular weight excluding hydrogens is 260 g/mol. The zero-order valence-electron chi connectivity index (χ0n) is 8.71. The van der Waals surface area contributed by atoms with Crippen molar-refractivity contribution in [3.05, 3.63) is 22.3 Å². The number of hydrogen-bond acceptors (Lipinski definition) is 3. The molecule has 1 N–H and O–H groups in total. The fourth-order valence-electron chi connectivity index (χ4n) is 0.943. The summed E-state index contributed by atoms with van der Waals surface area (Å²) in [5.41, 5.74) is 1.01. The number of pyridine rings is 1. The molecule has 0 aromatic carbocycles. The zero-order chi connectivity index (χ0) is 11.3. The summed E-state index contributed by atoms with van der Waals surface area (Å²) >= 11 is 3.33. The van der Waals surface area contributed by atoms with Gasteiger partial charge in [0.25, 0.3) is 0 Å². The minimum Gasteiger partial charge on any atom is -0.449 e. The van der Waals surface area contributed by atoms with Crippen LogP contribution in [0.1, 0.15) is 18.9 Å². The molecule has 4 nitrogen and oxygen atoms in total. The lowest BCUT2D eigenvalue weighted by atomic mass is 10.3. The molecule has 0 aliphatic rings. The van der Waals surface area contributed by atoms with Crippen LogP contribution in [0.3, 0.4) is 0 Å². The second-order valence-corrected chi connectivity index (χ2v) is 3.93. The maximum atomic E-state index is 11.2. The Bertz CT molecular complexity index is 355. The van der Waals surface area contributed by atoms with Gasteiger partial charge in [-0.15, -0.1) is 0 Å². The van der Waals surface area contributed by atoms with Crippen molar-refractivity contribution in [2.75, 3.05) is 11.9 Å². The fourth-order valence-corrected chi connectivity index (χ4v) is 1.16. The van der Waals surface area contributed by atoms with Gasteiger partial charge in [-0.2, -0.15) is 0 Å². The summed E-state index contributed by atoms with van der Waals surface area (Å²) in [6, 6.07) is 1.78. The molecule has 0 aliphatic heterocycles. The van der Waals surface area contributed by atoms with E-state index < -0.39 is 6.09 Å². The minimum absolute atomic E-state index is 0.418. The Morgan fingerprint density at radius 2 is 2.40 bits per heavy atom. The van der Waals surface area contributed by atoms with Gasteiger partial charge >= 0.3 is 6.09 Å². The first kappa shape index (κ1) is 12.0. The summed E-state index contributed by atoms with van der Waals surface area (Å²) < 4.78 is 5.78. The smallest absolute Gasteiger partial charge is 0.412 e. The van der Waals surface area contributed by atoms with Gasteiger partial charge < -0.3 is 4.74 Å². The Morgan fingerprint density at radius 3 is 3.00 bits per heavy atom. The Kier molecular flexibility index (Phi) is 4.55. The van der Waals surface area contributed by atoms with E-state index in [1.807, 2.05) is 13.8 Å². The molecule has 0 atom stereocenters. The third kappa shape index (κ3) is 3.87. The molecule has 1 aromatic heterocycles. The van der Waals surface area contributed by atoms with Crippen molar-refractivity contribution < 1.29 is 9.53 Å². The van der Waals surface area contributed by atoms with Crippen molar-refractivity contribution in [2.24, 2.45) is 0 Å². The number of aryl methyl sites for hydroxylation is 1. The minimum atomic E-state index is -0.467. The van der Waals surface area contributed by atoms with E-state index in [0.29, 0.717) is 12.4 Å². The summed E-state index contributed by atoms with van der Waals surface area (Å²) in [6.07, 6.45) is 1.98. The summed E-state index contributed by atoms with van der Waals surface area (Å²) in [5.74, 6) is 0.497. The summed E-state index contributed by atoms with van der Waals surface area (Å²) in [5, 5.41) is 2.55. The van der Waals surface area contributed by atoms with Crippen LogP contribution in [0.25, 0.3) is 0 Å². The quantitative estimate of drug-likeness (QED) is 0.920. The van der Waals surface area contributed by atoms with Crippen LogP contribution in [0.5, 0.6) is 0 Å². The Balaban J connectivity index is 2.57. The normalized spacial score (nSPS) is 9.80. The van der Waals surface area contributed by atoms with Crippen LogP contribution in [0.4, 0.5) is 10.6 Å². The number of nitrogens with zero attached hydrogens (tertiary/aromatic N) is 1. The van der Waals surface area contributed by atoms with Gasteiger partial charge in [-0.25, -0.2) is 9.78 Å². The van der Waals surface area contributed by atoms with Gasteiger partial charge in [0.2, 0.25) is 0 Å². The van der Waals surface area contributed by atoms with Gasteiger partial charge in [-0.3, -0.25) is 5.32 Å². The molecule has 0 saturated carbocycles. The number of rotatable bonds is 3. The van der Waals surface area contributed by atoms with E-state index in [0.717, 1.165) is 16.5 Å². The number of aromatic nitrogens is 1. The molecule has 0 bridgehead atoms. The first-order valence-corrected chi connectivity index (χ1v) is 5.48. The predicted octanol–water partition coefficient (Wildman–Crippen LogP) is 3.11. The third-order valence-corrected chi connectivity index (χ3v) is 2.54. The molecule has 1 aromatic rings. The molecule has 1 amide bonds. The number of anilines is 1. The molecule has 82 valence electrons. The maximum Gasteiger partial charge on any atom is 0.412 e. The largest absolute Gasteiger partial charge is 0.449 e. The lowest BCUT2D eigenvalue weighted by Crippen LogP contribution is -2.15. The monoisotopic (exact) mass is 272 g/mol. The maximum absolute atomic E-state index is 11.2. The van der Waals surface area contributed by atoms with E-state index in [1.165, 1.54) is 0 Å². The van der Waals surface area contributed by atoms with Crippen molar-refractivity contribution in [1.29, 1.82) is 0 Å². The molecule has 0 fully saturated rings. The second-order valence-electron chi connectivity index (χ2n) is 3.08. The third-order valence-electron chi connectivity index (χ3n) is 1.71. The number of halogens is 1. The van der Waals surface area contributed by atoms with Crippen LogP contribution in [0.15, 0.2) is 16.7 Å². The highest BCUT2D eigenvalue weighted by Gasteiger charge is 2.04. The van der Waals surface area contributed by atoms with Gasteiger partial charge in [-0.05, 0) is 40.9 Å². The average molecular weight is 273 g/mol. The molecule has 0 spiro atoms. The fraction of sp³-hybridized carbons (Fsp3) is 0.400. The zero-order valence-corrected chi connectivity index (χ0v) is 10.3. The number of hydrogen-bond donors (Lipinski definition) is 1. The lowest BCUT2D eigenvalue weighted by Gasteiger charge is -2.06. The van der Waals surface area contributed by atoms with E-state index in [-0.39, 0.29) is 0 Å². The molecule has 15 heavy (non-hydrogen) atoms. The van der Waals surface area contributed by atoms with Crippen molar-refractivity contribution >= 4 is 27.8 Å². The van der Waals surface area contributed by atoms with Crippen LogP contribution in [-0.2, 0) is 4.74 Å². The van der Waals surface area contributed by atoms with Crippen LogP contribution in [0, 0.1) is 6.92 Å². The topological polar surface area (TPSA) is 51.2 Å². The summed E-state index contributed by atoms with van der Waals surface area (Å²) in [7, 11) is 0. The summed E-state index contributed by atoms with van der Waals surface area (Å²) in [4.78, 5) is 15.2. The van der Waals surface area contributed by atoms with Crippen LogP contribution < -0.4 is 5.32 Å². The Labute approximate surface area is 97.2 Å². The van der Waals surface area contributed by atoms with Gasteiger partial charge in [0, 0.05) is 10.7 Å². The average Bonchev–Trinajstić information content (AvgIpc) is 2.20. The van der Waals surface area contributed by atoms with Crippen LogP contribution in [0.2, 0.25) is 0 Å². The standard InChI is InChI=1S/C10H13BrN2O2/c1-3-4-15-10(14)13-9-5-7(2)8(11)6-12-9/h5-6H,3-4H2,1-2H3,(H,12,13,14). The molecule has 0 radical (unpaired) electrons. The van der Waals surface area contributed by atoms with E-state index >= 15 is 0 Å². The van der Waals surface area contributed by atoms with Crippen molar-refractivity contribution in [3.63, 3.8) is 0 Å². The summed E-state index contributed by atoms with van der Waals surface area (Å²) in [6.45, 7) is 4.28. The van der Waals surface area contributed by atoms with Crippen molar-refractivity contribution in [2.45, 2.75) is 20.3 Å². The number of nitrogens with one attached hydrogen (secondary N) is 1. The first-order chi connectivity index (χ1) is 7.13. The highest BCUT2D eigenvalue weighted by Crippen LogP contribution is 2.17. The van der Waals surface area contributed by atoms with E-state index in [1.54, 1.807) is 12.3 Å². The van der Waals surface area contributed by atoms with Gasteiger partial charge in [-0.1, -0.05) is 6.92 Å². The highest BCUT2D eigenvalue weighted by molar-refractivity contribution is 9.10. The first-order valence-electron chi connectivity index (χ1n) is 4.69. The molecule has 0 saturated heterocycles. The SMILES string of the molecule is CCCOC(=O)Nc1cc(C)c(Br)cn1.